The minimum absolute atomic E-state index is 0.242. The second-order valence-electron chi connectivity index (χ2n) is 5.97. The van der Waals surface area contributed by atoms with Crippen LogP contribution in [0.15, 0.2) is 60.7 Å². The number of piperazine rings is 1. The molecule has 0 aromatic heterocycles. The van der Waals surface area contributed by atoms with Crippen molar-refractivity contribution < 1.29 is 0 Å². The lowest BCUT2D eigenvalue weighted by Gasteiger charge is -2.33. The summed E-state index contributed by atoms with van der Waals surface area (Å²) in [5, 5.41) is 3.00. The molecule has 0 amide bonds. The van der Waals surface area contributed by atoms with E-state index >= 15 is 0 Å². The van der Waals surface area contributed by atoms with Gasteiger partial charge in [-0.25, -0.2) is 0 Å². The van der Waals surface area contributed by atoms with Gasteiger partial charge in [0.2, 0.25) is 0 Å². The van der Waals surface area contributed by atoms with Gasteiger partial charge in [0.05, 0.1) is 0 Å². The molecule has 2 aromatic carbocycles. The van der Waals surface area contributed by atoms with E-state index in [4.69, 9.17) is 0 Å². The Morgan fingerprint density at radius 2 is 1.27 bits per heavy atom. The average molecular weight is 312 g/mol. The molecule has 1 aliphatic rings. The largest absolute Gasteiger partial charge is 0.304 e. The van der Waals surface area contributed by atoms with Crippen molar-refractivity contribution in [1.82, 2.24) is 9.80 Å². The zero-order chi connectivity index (χ0) is 15.2. The molecule has 116 valence electrons. The number of rotatable bonds is 5. The van der Waals surface area contributed by atoms with Crippen LogP contribution in [0.25, 0.3) is 0 Å². The van der Waals surface area contributed by atoms with Gasteiger partial charge in [0, 0.05) is 32.7 Å². The summed E-state index contributed by atoms with van der Waals surface area (Å²) in [6.45, 7) is 6.04. The lowest BCUT2D eigenvalue weighted by Crippen LogP contribution is -2.45. The Kier molecular flexibility index (Phi) is 5.61. The van der Waals surface area contributed by atoms with Crippen LogP contribution >= 0.6 is 7.92 Å². The molecule has 1 aliphatic heterocycles. The van der Waals surface area contributed by atoms with Crippen LogP contribution in [-0.4, -0.2) is 55.7 Å². The third-order valence-corrected chi connectivity index (χ3v) is 6.86. The molecule has 1 fully saturated rings. The van der Waals surface area contributed by atoms with Crippen molar-refractivity contribution in [3.8, 4) is 0 Å². The van der Waals surface area contributed by atoms with Crippen molar-refractivity contribution in [3.63, 3.8) is 0 Å². The van der Waals surface area contributed by atoms with Crippen molar-refractivity contribution in [2.24, 2.45) is 0 Å². The Balaban J connectivity index is 1.70. The lowest BCUT2D eigenvalue weighted by molar-refractivity contribution is 0.161. The molecule has 0 spiro atoms. The minimum Gasteiger partial charge on any atom is -0.304 e. The first-order valence-electron chi connectivity index (χ1n) is 8.11. The summed E-state index contributed by atoms with van der Waals surface area (Å²) in [7, 11) is 1.98. The van der Waals surface area contributed by atoms with Gasteiger partial charge in [-0.05, 0) is 31.7 Å². The smallest absolute Gasteiger partial charge is 0.0110 e. The molecule has 3 heteroatoms. The van der Waals surface area contributed by atoms with E-state index in [1.807, 2.05) is 0 Å². The predicted molar refractivity (Wildman–Crippen MR) is 97.9 cm³/mol. The molecule has 0 radical (unpaired) electrons. The highest BCUT2D eigenvalue weighted by atomic mass is 31.1. The summed E-state index contributed by atoms with van der Waals surface area (Å²) >= 11 is 0. The summed E-state index contributed by atoms with van der Waals surface area (Å²) in [6, 6.07) is 22.1. The quantitative estimate of drug-likeness (QED) is 0.782. The molecule has 0 aliphatic carbocycles. The third kappa shape index (κ3) is 4.16. The fraction of sp³-hybridized carbons (Fsp3) is 0.368. The van der Waals surface area contributed by atoms with E-state index in [0.29, 0.717) is 0 Å². The predicted octanol–water partition coefficient (Wildman–Crippen LogP) is 2.37. The molecule has 0 N–H and O–H groups in total. The number of hydrogen-bond donors (Lipinski definition) is 0. The molecular formula is C19H25N2P. The summed E-state index contributed by atoms with van der Waals surface area (Å²) in [5.74, 6) is 0. The monoisotopic (exact) mass is 312 g/mol. The van der Waals surface area contributed by atoms with Crippen LogP contribution in [0, 0.1) is 0 Å². The van der Waals surface area contributed by atoms with Crippen molar-refractivity contribution in [1.29, 1.82) is 0 Å². The molecule has 2 nitrogen and oxygen atoms in total. The second-order valence-corrected chi connectivity index (χ2v) is 8.30. The van der Waals surface area contributed by atoms with E-state index in [0.717, 1.165) is 0 Å². The van der Waals surface area contributed by atoms with E-state index in [9.17, 15) is 0 Å². The highest BCUT2D eigenvalue weighted by Gasteiger charge is 2.17. The molecular weight excluding hydrogens is 287 g/mol. The standard InChI is InChI=1S/C19H25N2P/c1-20-12-14-21(15-13-20)16-17-22(18-8-4-2-5-9-18)19-10-6-3-7-11-19/h2-11H,12-17H2,1H3. The van der Waals surface area contributed by atoms with Gasteiger partial charge >= 0.3 is 0 Å². The van der Waals surface area contributed by atoms with Crippen molar-refractivity contribution in [3.05, 3.63) is 60.7 Å². The number of nitrogens with zero attached hydrogens (tertiary/aromatic N) is 2. The van der Waals surface area contributed by atoms with E-state index in [2.05, 4.69) is 77.5 Å². The van der Waals surface area contributed by atoms with E-state index in [1.165, 1.54) is 49.5 Å². The van der Waals surface area contributed by atoms with Gasteiger partial charge in [0.1, 0.15) is 0 Å². The van der Waals surface area contributed by atoms with E-state index in [-0.39, 0.29) is 7.92 Å². The van der Waals surface area contributed by atoms with Crippen LogP contribution in [0.3, 0.4) is 0 Å². The highest BCUT2D eigenvalue weighted by Crippen LogP contribution is 2.33. The van der Waals surface area contributed by atoms with Gasteiger partial charge in [-0.2, -0.15) is 0 Å². The number of benzene rings is 2. The average Bonchev–Trinajstić information content (AvgIpc) is 2.59. The SMILES string of the molecule is CN1CCN(CCP(c2ccccc2)c2ccccc2)CC1. The molecule has 0 unspecified atom stereocenters. The minimum atomic E-state index is -0.242. The zero-order valence-electron chi connectivity index (χ0n) is 13.4. The molecule has 0 saturated carbocycles. The summed E-state index contributed by atoms with van der Waals surface area (Å²) in [6.07, 6.45) is 1.26. The van der Waals surface area contributed by atoms with Crippen LogP contribution in [0.2, 0.25) is 0 Å². The van der Waals surface area contributed by atoms with Crippen LogP contribution in [0.4, 0.5) is 0 Å². The Morgan fingerprint density at radius 3 is 1.77 bits per heavy atom. The maximum Gasteiger partial charge on any atom is 0.0110 e. The molecule has 2 aromatic rings. The Labute approximate surface area is 135 Å². The van der Waals surface area contributed by atoms with Crippen LogP contribution in [-0.2, 0) is 0 Å². The van der Waals surface area contributed by atoms with E-state index in [1.54, 1.807) is 0 Å². The fourth-order valence-electron chi connectivity index (χ4n) is 2.94. The maximum atomic E-state index is 2.63. The van der Waals surface area contributed by atoms with Gasteiger partial charge in [0.25, 0.3) is 0 Å². The first kappa shape index (κ1) is 15.7. The topological polar surface area (TPSA) is 6.48 Å². The normalized spacial score (nSPS) is 17.0. The van der Waals surface area contributed by atoms with Gasteiger partial charge in [0.15, 0.2) is 0 Å². The summed E-state index contributed by atoms with van der Waals surface area (Å²) < 4.78 is 0. The first-order valence-corrected chi connectivity index (χ1v) is 9.64. The second kappa shape index (κ2) is 7.87. The molecule has 1 saturated heterocycles. The van der Waals surface area contributed by atoms with Gasteiger partial charge < -0.3 is 9.80 Å². The van der Waals surface area contributed by atoms with Gasteiger partial charge in [-0.3, -0.25) is 0 Å². The molecule has 0 atom stereocenters. The van der Waals surface area contributed by atoms with Gasteiger partial charge in [-0.1, -0.05) is 60.7 Å². The van der Waals surface area contributed by atoms with Crippen molar-refractivity contribution >= 4 is 18.5 Å². The molecule has 3 rings (SSSR count). The molecule has 22 heavy (non-hydrogen) atoms. The Hall–Kier alpha value is -1.21. The van der Waals surface area contributed by atoms with Gasteiger partial charge in [-0.15, -0.1) is 0 Å². The summed E-state index contributed by atoms with van der Waals surface area (Å²) in [4.78, 5) is 5.05. The third-order valence-electron chi connectivity index (χ3n) is 4.37. The highest BCUT2D eigenvalue weighted by molar-refractivity contribution is 7.73. The maximum absolute atomic E-state index is 2.63. The first-order chi connectivity index (χ1) is 10.8. The Morgan fingerprint density at radius 1 is 0.773 bits per heavy atom. The summed E-state index contributed by atoms with van der Waals surface area (Å²) in [5.41, 5.74) is 0. The van der Waals surface area contributed by atoms with Crippen molar-refractivity contribution in [2.75, 3.05) is 45.9 Å². The fourth-order valence-corrected chi connectivity index (χ4v) is 5.30. The van der Waals surface area contributed by atoms with E-state index < -0.39 is 0 Å². The molecule has 0 bridgehead atoms. The zero-order valence-corrected chi connectivity index (χ0v) is 14.3. The Bertz CT molecular complexity index is 511. The van der Waals surface area contributed by atoms with Crippen LogP contribution < -0.4 is 10.6 Å². The number of hydrogen-bond acceptors (Lipinski definition) is 2. The molecule has 1 heterocycles. The van der Waals surface area contributed by atoms with Crippen LogP contribution in [0.1, 0.15) is 0 Å². The lowest BCUT2D eigenvalue weighted by atomic mass is 10.3. The number of likely N-dealkylation sites (N-methyl/N-ethyl adjacent to an activating group) is 1. The van der Waals surface area contributed by atoms with Crippen molar-refractivity contribution in [2.45, 2.75) is 0 Å². The van der Waals surface area contributed by atoms with Crippen LogP contribution in [0.5, 0.6) is 0 Å².